The Bertz CT molecular complexity index is 785. The Morgan fingerprint density at radius 3 is 1.81 bits per heavy atom. The average Bonchev–Trinajstić information content (AvgIpc) is 2.93. The van der Waals surface area contributed by atoms with Crippen LogP contribution in [0.4, 0.5) is 0 Å². The summed E-state index contributed by atoms with van der Waals surface area (Å²) < 4.78 is 11.5. The van der Waals surface area contributed by atoms with Gasteiger partial charge in [0.1, 0.15) is 0 Å². The van der Waals surface area contributed by atoms with E-state index >= 15 is 0 Å². The third-order valence-corrected chi connectivity index (χ3v) is 15.9. The summed E-state index contributed by atoms with van der Waals surface area (Å²) in [5.41, 5.74) is 3.40. The molecule has 1 atom stereocenters. The summed E-state index contributed by atoms with van der Waals surface area (Å²) in [6.07, 6.45) is 2.27. The summed E-state index contributed by atoms with van der Waals surface area (Å²) in [5, 5.41) is 9.68. The first-order chi connectivity index (χ1) is 13.7. The van der Waals surface area contributed by atoms with Crippen molar-refractivity contribution in [2.75, 3.05) is 0 Å². The Balaban J connectivity index is 0.000000821. The third-order valence-electron chi connectivity index (χ3n) is 6.08. The van der Waals surface area contributed by atoms with Gasteiger partial charge >= 0.3 is 51.4 Å². The Kier molecular flexibility index (Phi) is 12.1. The van der Waals surface area contributed by atoms with Gasteiger partial charge in [-0.3, -0.25) is 0 Å². The van der Waals surface area contributed by atoms with Crippen LogP contribution in [0.2, 0.25) is 57.4 Å². The molecular weight excluding hydrogens is 468 g/mol. The van der Waals surface area contributed by atoms with Crippen LogP contribution in [0.1, 0.15) is 63.8 Å². The van der Waals surface area contributed by atoms with Gasteiger partial charge in [0.2, 0.25) is 0 Å². The smallest absolute Gasteiger partial charge is 0.668 e. The Morgan fingerprint density at radius 2 is 1.44 bits per heavy atom. The molecule has 0 heterocycles. The molecule has 0 amide bonds. The molecule has 7 heteroatoms. The minimum atomic E-state index is -1.77. The van der Waals surface area contributed by atoms with Crippen molar-refractivity contribution in [2.45, 2.75) is 116 Å². The van der Waals surface area contributed by atoms with Crippen LogP contribution in [-0.4, -0.2) is 24.8 Å². The second-order valence-electron chi connectivity index (χ2n) is 13.0. The van der Waals surface area contributed by atoms with E-state index in [0.717, 1.165) is 12.8 Å². The fourth-order valence-corrected chi connectivity index (χ4v) is 13.3. The summed E-state index contributed by atoms with van der Waals surface area (Å²) in [7, 11) is -3.99. The van der Waals surface area contributed by atoms with Crippen LogP contribution in [0, 0.1) is 11.3 Å². The van der Waals surface area contributed by atoms with Crippen molar-refractivity contribution >= 4 is 24.8 Å². The molecule has 1 aromatic rings. The number of nitriles is 1. The minimum absolute atomic E-state index is 0. The topological polar surface area (TPSA) is 47.1 Å². The summed E-state index contributed by atoms with van der Waals surface area (Å²) >= 11 is 0. The molecule has 1 aliphatic carbocycles. The molecule has 0 bridgehead atoms. The van der Waals surface area contributed by atoms with E-state index in [0.29, 0.717) is 0 Å². The predicted octanol–water partition coefficient (Wildman–Crippen LogP) is 5.53. The first-order valence-corrected chi connectivity index (χ1v) is 21.5. The van der Waals surface area contributed by atoms with Crippen molar-refractivity contribution in [1.82, 2.24) is 0 Å². The number of hydrogen-bond acceptors (Lipinski definition) is 2. The number of benzene rings is 1. The molecular formula is C25H47KN2OSi3. The van der Waals surface area contributed by atoms with Crippen LogP contribution in [0.3, 0.4) is 0 Å². The SMILES string of the molecule is CC(C)(C#N)c1cccc2c1CC[C@@H]2O[Si](C)(C)C(C)(C)C.C[Si](C)(C)[N-][Si](C)(C)C.[K+]. The van der Waals surface area contributed by atoms with Crippen LogP contribution in [0.15, 0.2) is 18.2 Å². The summed E-state index contributed by atoms with van der Waals surface area (Å²) in [4.78, 5) is 0. The van der Waals surface area contributed by atoms with E-state index in [1.54, 1.807) is 0 Å². The van der Waals surface area contributed by atoms with Gasteiger partial charge in [0, 0.05) is 0 Å². The van der Waals surface area contributed by atoms with Crippen molar-refractivity contribution < 1.29 is 55.8 Å². The molecule has 32 heavy (non-hydrogen) atoms. The molecule has 0 N–H and O–H groups in total. The zero-order chi connectivity index (χ0) is 24.5. The fourth-order valence-electron chi connectivity index (χ4n) is 3.92. The van der Waals surface area contributed by atoms with E-state index in [2.05, 4.69) is 97.4 Å². The minimum Gasteiger partial charge on any atom is -0.668 e. The third kappa shape index (κ3) is 9.88. The largest absolute Gasteiger partial charge is 1.00 e. The molecule has 0 fully saturated rings. The Hall–Kier alpha value is 0.917. The van der Waals surface area contributed by atoms with Gasteiger partial charge in [-0.05, 0) is 61.5 Å². The molecule has 0 saturated heterocycles. The van der Waals surface area contributed by atoms with Crippen LogP contribution in [0.25, 0.3) is 4.65 Å². The maximum Gasteiger partial charge on any atom is 1.00 e. The standard InChI is InChI=1S/C19H29NOSi.C6H18NSi2.K/c1-18(2,3)22(6,7)21-17-12-11-14-15(17)9-8-10-16(14)19(4,5)13-20;1-8(2,3)7-9(4,5)6;/h8-10,17H,11-12H2,1-7H3;1-6H3;/q;-1;+1/t17-;;/m0../s1. The Morgan fingerprint density at radius 1 is 0.938 bits per heavy atom. The first-order valence-electron chi connectivity index (χ1n) is 11.7. The molecule has 0 unspecified atom stereocenters. The van der Waals surface area contributed by atoms with Gasteiger partial charge in [-0.2, -0.15) is 5.26 Å². The summed E-state index contributed by atoms with van der Waals surface area (Å²) in [5.74, 6) is 0. The summed E-state index contributed by atoms with van der Waals surface area (Å²) in [6, 6.07) is 8.83. The molecule has 1 aliphatic rings. The van der Waals surface area contributed by atoms with Crippen LogP contribution in [0.5, 0.6) is 0 Å². The quantitative estimate of drug-likeness (QED) is 0.485. The van der Waals surface area contributed by atoms with Crippen LogP contribution < -0.4 is 51.4 Å². The van der Waals surface area contributed by atoms with Gasteiger partial charge < -0.3 is 9.07 Å². The number of rotatable bonds is 5. The normalized spacial score (nSPS) is 16.9. The van der Waals surface area contributed by atoms with Crippen LogP contribution in [-0.2, 0) is 16.3 Å². The molecule has 3 nitrogen and oxygen atoms in total. The number of nitrogens with zero attached hydrogens (tertiary/aromatic N) is 2. The maximum atomic E-state index is 9.46. The monoisotopic (exact) mass is 514 g/mol. The zero-order valence-electron chi connectivity index (χ0n) is 23.5. The number of hydrogen-bond donors (Lipinski definition) is 0. The van der Waals surface area contributed by atoms with E-state index in [-0.39, 0.29) is 62.5 Å². The molecule has 0 aliphatic heterocycles. The molecule has 2 rings (SSSR count). The molecule has 176 valence electrons. The van der Waals surface area contributed by atoms with E-state index in [4.69, 9.17) is 9.07 Å². The molecule has 0 spiro atoms. The molecule has 0 radical (unpaired) electrons. The van der Waals surface area contributed by atoms with Crippen molar-refractivity contribution in [3.63, 3.8) is 0 Å². The van der Waals surface area contributed by atoms with Gasteiger partial charge in [-0.1, -0.05) is 94.7 Å². The van der Waals surface area contributed by atoms with Crippen molar-refractivity contribution in [3.05, 3.63) is 39.5 Å². The second kappa shape index (κ2) is 11.8. The average molecular weight is 515 g/mol. The first kappa shape index (κ1) is 32.9. The fraction of sp³-hybridized carbons (Fsp3) is 0.720. The number of fused-ring (bicyclic) bond motifs is 1. The van der Waals surface area contributed by atoms with E-state index in [9.17, 15) is 5.26 Å². The maximum absolute atomic E-state index is 9.46. The van der Waals surface area contributed by atoms with Crippen molar-refractivity contribution in [1.29, 1.82) is 5.26 Å². The Labute approximate surface area is 245 Å². The molecule has 0 saturated carbocycles. The zero-order valence-corrected chi connectivity index (χ0v) is 29.6. The van der Waals surface area contributed by atoms with E-state index in [1.807, 2.05) is 13.8 Å². The van der Waals surface area contributed by atoms with E-state index < -0.39 is 30.2 Å². The van der Waals surface area contributed by atoms with Gasteiger partial charge in [0.05, 0.1) is 17.6 Å². The van der Waals surface area contributed by atoms with Crippen molar-refractivity contribution in [3.8, 4) is 6.07 Å². The second-order valence-corrected chi connectivity index (χ2v) is 27.3. The van der Waals surface area contributed by atoms with Crippen molar-refractivity contribution in [2.24, 2.45) is 0 Å². The summed E-state index contributed by atoms with van der Waals surface area (Å²) in [6.45, 7) is 29.3. The van der Waals surface area contributed by atoms with Crippen LogP contribution >= 0.6 is 0 Å². The van der Waals surface area contributed by atoms with E-state index in [1.165, 1.54) is 16.7 Å². The van der Waals surface area contributed by atoms with Gasteiger partial charge in [-0.15, -0.1) is 0 Å². The van der Waals surface area contributed by atoms with Gasteiger partial charge in [-0.25, -0.2) is 0 Å². The molecule has 1 aromatic carbocycles. The molecule has 0 aromatic heterocycles. The predicted molar refractivity (Wildman–Crippen MR) is 144 cm³/mol. The van der Waals surface area contributed by atoms with Gasteiger partial charge in [0.15, 0.2) is 8.32 Å². The van der Waals surface area contributed by atoms with Gasteiger partial charge in [0.25, 0.3) is 0 Å².